The van der Waals surface area contributed by atoms with Gasteiger partial charge in [-0.3, -0.25) is 0 Å². The standard InChI is InChI=1S/C17H23N3S/c1-13-6-8-14(9-7-13)20-17-15(5-3-4-11-18-17)16(19-20)10-12-21-2/h6-9,18H,3-5,10-12H2,1-2H3. The van der Waals surface area contributed by atoms with E-state index in [9.17, 15) is 0 Å². The van der Waals surface area contributed by atoms with Crippen molar-refractivity contribution >= 4 is 17.6 Å². The number of rotatable bonds is 4. The van der Waals surface area contributed by atoms with E-state index in [1.165, 1.54) is 35.5 Å². The third-order valence-corrected chi connectivity index (χ3v) is 4.65. The molecule has 0 radical (unpaired) electrons. The lowest BCUT2D eigenvalue weighted by atomic mass is 10.1. The van der Waals surface area contributed by atoms with Gasteiger partial charge in [-0.2, -0.15) is 16.9 Å². The van der Waals surface area contributed by atoms with Crippen LogP contribution in [0.15, 0.2) is 24.3 Å². The van der Waals surface area contributed by atoms with Crippen LogP contribution in [0.25, 0.3) is 5.69 Å². The molecule has 0 unspecified atom stereocenters. The minimum atomic E-state index is 1.05. The number of aryl methyl sites for hydroxylation is 2. The van der Waals surface area contributed by atoms with E-state index in [2.05, 4.69) is 47.4 Å². The van der Waals surface area contributed by atoms with E-state index >= 15 is 0 Å². The molecule has 2 aromatic rings. The molecule has 21 heavy (non-hydrogen) atoms. The monoisotopic (exact) mass is 301 g/mol. The maximum atomic E-state index is 4.91. The van der Waals surface area contributed by atoms with Gasteiger partial charge in [0.1, 0.15) is 5.82 Å². The maximum Gasteiger partial charge on any atom is 0.133 e. The van der Waals surface area contributed by atoms with Gasteiger partial charge < -0.3 is 5.32 Å². The number of thioether (sulfide) groups is 1. The summed E-state index contributed by atoms with van der Waals surface area (Å²) in [5.74, 6) is 2.35. The van der Waals surface area contributed by atoms with Crippen LogP contribution in [-0.2, 0) is 12.8 Å². The summed E-state index contributed by atoms with van der Waals surface area (Å²) in [5.41, 5.74) is 5.14. The van der Waals surface area contributed by atoms with E-state index in [0.717, 1.165) is 30.8 Å². The van der Waals surface area contributed by atoms with Crippen molar-refractivity contribution in [1.82, 2.24) is 9.78 Å². The molecule has 0 aliphatic carbocycles. The van der Waals surface area contributed by atoms with Gasteiger partial charge in [0.25, 0.3) is 0 Å². The van der Waals surface area contributed by atoms with Gasteiger partial charge in [0.05, 0.1) is 11.4 Å². The number of nitrogens with one attached hydrogen (secondary N) is 1. The molecule has 4 heteroatoms. The third-order valence-electron chi connectivity index (χ3n) is 4.03. The molecule has 1 aliphatic heterocycles. The predicted molar refractivity (Wildman–Crippen MR) is 91.8 cm³/mol. The Morgan fingerprint density at radius 3 is 2.81 bits per heavy atom. The lowest BCUT2D eigenvalue weighted by molar-refractivity contribution is 0.765. The van der Waals surface area contributed by atoms with Crippen molar-refractivity contribution in [2.24, 2.45) is 0 Å². The number of hydrogen-bond acceptors (Lipinski definition) is 3. The molecule has 3 rings (SSSR count). The van der Waals surface area contributed by atoms with Gasteiger partial charge in [0.15, 0.2) is 0 Å². The Hall–Kier alpha value is -1.42. The van der Waals surface area contributed by atoms with Crippen molar-refractivity contribution in [2.45, 2.75) is 32.6 Å². The molecule has 1 aromatic carbocycles. The molecule has 1 aliphatic rings. The van der Waals surface area contributed by atoms with Crippen LogP contribution in [0, 0.1) is 6.92 Å². The van der Waals surface area contributed by atoms with Crippen LogP contribution in [0.2, 0.25) is 0 Å². The first kappa shape index (κ1) is 14.5. The summed E-state index contributed by atoms with van der Waals surface area (Å²) in [5, 5.41) is 8.51. The fourth-order valence-corrected chi connectivity index (χ4v) is 3.24. The summed E-state index contributed by atoms with van der Waals surface area (Å²) in [4.78, 5) is 0. The van der Waals surface area contributed by atoms with Gasteiger partial charge in [-0.1, -0.05) is 17.7 Å². The highest BCUT2D eigenvalue weighted by Gasteiger charge is 2.20. The van der Waals surface area contributed by atoms with Crippen molar-refractivity contribution in [3.63, 3.8) is 0 Å². The van der Waals surface area contributed by atoms with Crippen molar-refractivity contribution in [3.8, 4) is 5.69 Å². The van der Waals surface area contributed by atoms with E-state index < -0.39 is 0 Å². The molecule has 0 fully saturated rings. The molecule has 1 N–H and O–H groups in total. The zero-order valence-corrected chi connectivity index (χ0v) is 13.7. The molecule has 112 valence electrons. The van der Waals surface area contributed by atoms with Crippen LogP contribution in [-0.4, -0.2) is 28.3 Å². The second-order valence-corrected chi connectivity index (χ2v) is 6.63. The normalized spacial score (nSPS) is 14.4. The van der Waals surface area contributed by atoms with Gasteiger partial charge in [-0.05, 0) is 50.3 Å². The van der Waals surface area contributed by atoms with Crippen LogP contribution in [0.5, 0.6) is 0 Å². The first-order valence-corrected chi connectivity index (χ1v) is 9.09. The lowest BCUT2D eigenvalue weighted by Crippen LogP contribution is -2.07. The van der Waals surface area contributed by atoms with Crippen LogP contribution < -0.4 is 5.32 Å². The number of aromatic nitrogens is 2. The Labute approximate surface area is 131 Å². The summed E-state index contributed by atoms with van der Waals surface area (Å²) >= 11 is 1.89. The molecular formula is C17H23N3S. The molecule has 0 saturated carbocycles. The summed E-state index contributed by atoms with van der Waals surface area (Å²) in [6.45, 7) is 3.17. The zero-order chi connectivity index (χ0) is 14.7. The smallest absolute Gasteiger partial charge is 0.133 e. The van der Waals surface area contributed by atoms with Gasteiger partial charge in [-0.25, -0.2) is 4.68 Å². The highest BCUT2D eigenvalue weighted by molar-refractivity contribution is 7.98. The summed E-state index contributed by atoms with van der Waals surface area (Å²) < 4.78 is 2.11. The molecule has 0 amide bonds. The molecule has 0 saturated heterocycles. The van der Waals surface area contributed by atoms with Crippen LogP contribution in [0.4, 0.5) is 5.82 Å². The first-order valence-electron chi connectivity index (χ1n) is 7.70. The zero-order valence-electron chi connectivity index (χ0n) is 12.9. The maximum absolute atomic E-state index is 4.91. The highest BCUT2D eigenvalue weighted by Crippen LogP contribution is 2.28. The molecule has 0 spiro atoms. The number of anilines is 1. The van der Waals surface area contributed by atoms with Crippen molar-refractivity contribution < 1.29 is 0 Å². The van der Waals surface area contributed by atoms with Crippen LogP contribution in [0.1, 0.15) is 29.7 Å². The average molecular weight is 301 g/mol. The van der Waals surface area contributed by atoms with Gasteiger partial charge in [0.2, 0.25) is 0 Å². The van der Waals surface area contributed by atoms with Gasteiger partial charge in [0, 0.05) is 18.5 Å². The SMILES string of the molecule is CSCCc1nn(-c2ccc(C)cc2)c2c1CCCCN2. The van der Waals surface area contributed by atoms with Crippen LogP contribution >= 0.6 is 11.8 Å². The topological polar surface area (TPSA) is 29.9 Å². The fourth-order valence-electron chi connectivity index (χ4n) is 2.85. The fraction of sp³-hybridized carbons (Fsp3) is 0.471. The quantitative estimate of drug-likeness (QED) is 0.930. The Balaban J connectivity index is 2.02. The Bertz CT molecular complexity index is 601. The van der Waals surface area contributed by atoms with Crippen molar-refractivity contribution in [1.29, 1.82) is 0 Å². The van der Waals surface area contributed by atoms with E-state index in [4.69, 9.17) is 5.10 Å². The molecule has 2 heterocycles. The van der Waals surface area contributed by atoms with Crippen LogP contribution in [0.3, 0.4) is 0 Å². The summed E-state index contributed by atoms with van der Waals surface area (Å²) in [6.07, 6.45) is 6.87. The molecular weight excluding hydrogens is 278 g/mol. The van der Waals surface area contributed by atoms with Gasteiger partial charge in [-0.15, -0.1) is 0 Å². The molecule has 0 atom stereocenters. The number of nitrogens with zero attached hydrogens (tertiary/aromatic N) is 2. The van der Waals surface area contributed by atoms with E-state index in [1.807, 2.05) is 11.8 Å². The summed E-state index contributed by atoms with van der Waals surface area (Å²) in [7, 11) is 0. The molecule has 0 bridgehead atoms. The van der Waals surface area contributed by atoms with Gasteiger partial charge >= 0.3 is 0 Å². The molecule has 1 aromatic heterocycles. The Morgan fingerprint density at radius 1 is 1.24 bits per heavy atom. The lowest BCUT2D eigenvalue weighted by Gasteiger charge is -2.09. The van der Waals surface area contributed by atoms with E-state index in [0.29, 0.717) is 0 Å². The predicted octanol–water partition coefficient (Wildman–Crippen LogP) is 3.83. The minimum absolute atomic E-state index is 1.05. The molecule has 3 nitrogen and oxygen atoms in total. The van der Waals surface area contributed by atoms with Crippen molar-refractivity contribution in [2.75, 3.05) is 23.9 Å². The number of hydrogen-bond donors (Lipinski definition) is 1. The number of fused-ring (bicyclic) bond motifs is 1. The minimum Gasteiger partial charge on any atom is -0.370 e. The van der Waals surface area contributed by atoms with E-state index in [-0.39, 0.29) is 0 Å². The number of benzene rings is 1. The first-order chi connectivity index (χ1) is 10.3. The highest BCUT2D eigenvalue weighted by atomic mass is 32.2. The summed E-state index contributed by atoms with van der Waals surface area (Å²) in [6, 6.07) is 8.63. The Kier molecular flexibility index (Phi) is 4.54. The second kappa shape index (κ2) is 6.56. The third kappa shape index (κ3) is 3.10. The largest absolute Gasteiger partial charge is 0.370 e. The second-order valence-electron chi connectivity index (χ2n) is 5.65. The Morgan fingerprint density at radius 2 is 2.05 bits per heavy atom. The average Bonchev–Trinajstić information content (AvgIpc) is 2.68. The van der Waals surface area contributed by atoms with E-state index in [1.54, 1.807) is 0 Å². The van der Waals surface area contributed by atoms with Crippen molar-refractivity contribution in [3.05, 3.63) is 41.1 Å².